The number of amides is 1. The van der Waals surface area contributed by atoms with Gasteiger partial charge in [0.25, 0.3) is 5.91 Å². The van der Waals surface area contributed by atoms with Crippen molar-refractivity contribution in [1.82, 2.24) is 14.8 Å². The number of fused-ring (bicyclic) bond motifs is 1. The Morgan fingerprint density at radius 1 is 1.23 bits per heavy atom. The van der Waals surface area contributed by atoms with Crippen LogP contribution in [0, 0.1) is 0 Å². The van der Waals surface area contributed by atoms with Gasteiger partial charge in [-0.1, -0.05) is 29.0 Å². The van der Waals surface area contributed by atoms with Crippen LogP contribution in [0.2, 0.25) is 5.02 Å². The van der Waals surface area contributed by atoms with Crippen LogP contribution in [0.3, 0.4) is 0 Å². The molecule has 0 aliphatic carbocycles. The number of carbonyl (C=O) groups is 1. The molecule has 1 aromatic carbocycles. The minimum absolute atomic E-state index is 0.0805. The highest BCUT2D eigenvalue weighted by atomic mass is 79.9. The Kier molecular flexibility index (Phi) is 5.08. The topological polar surface area (TPSA) is 51.0 Å². The first-order valence-electron chi connectivity index (χ1n) is 7.71. The standard InChI is InChI=1S/C17H12BrClN4OS2/c18-14-6-5-13(25-14)16(24)23(10-9-22-8-2-7-20-22)17-21-15-11(19)3-1-4-12(15)26-17/h1-8H,9-10H2. The quantitative estimate of drug-likeness (QED) is 0.399. The second-order valence-corrected chi connectivity index (χ2v) is 9.29. The molecular weight excluding hydrogens is 456 g/mol. The Labute approximate surface area is 171 Å². The zero-order chi connectivity index (χ0) is 18.1. The van der Waals surface area contributed by atoms with Gasteiger partial charge in [-0.2, -0.15) is 5.10 Å². The van der Waals surface area contributed by atoms with E-state index in [9.17, 15) is 4.79 Å². The van der Waals surface area contributed by atoms with Crippen molar-refractivity contribution < 1.29 is 4.79 Å². The molecule has 0 atom stereocenters. The fourth-order valence-corrected chi connectivity index (χ4v) is 5.12. The molecule has 0 saturated carbocycles. The average Bonchev–Trinajstić information content (AvgIpc) is 3.35. The number of benzene rings is 1. The zero-order valence-electron chi connectivity index (χ0n) is 13.3. The van der Waals surface area contributed by atoms with Crippen molar-refractivity contribution in [2.75, 3.05) is 11.4 Å². The fraction of sp³-hybridized carbons (Fsp3) is 0.118. The fourth-order valence-electron chi connectivity index (χ4n) is 2.50. The van der Waals surface area contributed by atoms with Gasteiger partial charge >= 0.3 is 0 Å². The molecule has 0 N–H and O–H groups in total. The molecule has 0 spiro atoms. The molecule has 3 aromatic heterocycles. The first-order valence-corrected chi connectivity index (χ1v) is 10.5. The lowest BCUT2D eigenvalue weighted by molar-refractivity contribution is 0.0989. The average molecular weight is 468 g/mol. The van der Waals surface area contributed by atoms with E-state index in [1.54, 1.807) is 21.8 Å². The van der Waals surface area contributed by atoms with Crippen LogP contribution in [-0.2, 0) is 6.54 Å². The Bertz CT molecular complexity index is 1060. The summed E-state index contributed by atoms with van der Waals surface area (Å²) < 4.78 is 3.67. The minimum atomic E-state index is -0.0805. The Morgan fingerprint density at radius 2 is 2.12 bits per heavy atom. The molecule has 4 rings (SSSR count). The number of anilines is 1. The van der Waals surface area contributed by atoms with E-state index in [-0.39, 0.29) is 5.91 Å². The predicted molar refractivity (Wildman–Crippen MR) is 111 cm³/mol. The number of carbonyl (C=O) groups excluding carboxylic acids is 1. The summed E-state index contributed by atoms with van der Waals surface area (Å²) >= 11 is 12.5. The van der Waals surface area contributed by atoms with Gasteiger partial charge < -0.3 is 0 Å². The van der Waals surface area contributed by atoms with Gasteiger partial charge in [-0.25, -0.2) is 4.98 Å². The van der Waals surface area contributed by atoms with Gasteiger partial charge in [-0.3, -0.25) is 14.4 Å². The SMILES string of the molecule is O=C(c1ccc(Br)s1)N(CCn1cccn1)c1nc2c(Cl)cccc2s1. The molecule has 5 nitrogen and oxygen atoms in total. The molecule has 26 heavy (non-hydrogen) atoms. The van der Waals surface area contributed by atoms with E-state index in [1.807, 2.05) is 36.5 Å². The van der Waals surface area contributed by atoms with Crippen LogP contribution >= 0.6 is 50.2 Å². The largest absolute Gasteiger partial charge is 0.281 e. The van der Waals surface area contributed by atoms with Gasteiger partial charge in [0.1, 0.15) is 5.52 Å². The zero-order valence-corrected chi connectivity index (χ0v) is 17.3. The maximum absolute atomic E-state index is 13.1. The van der Waals surface area contributed by atoms with Crippen molar-refractivity contribution in [1.29, 1.82) is 0 Å². The predicted octanol–water partition coefficient (Wildman–Crippen LogP) is 5.32. The van der Waals surface area contributed by atoms with Crippen molar-refractivity contribution in [3.05, 3.63) is 62.5 Å². The molecule has 1 amide bonds. The van der Waals surface area contributed by atoms with Crippen molar-refractivity contribution >= 4 is 71.5 Å². The molecule has 0 aliphatic rings. The highest BCUT2D eigenvalue weighted by Crippen LogP contribution is 2.34. The third-order valence-electron chi connectivity index (χ3n) is 3.73. The first-order chi connectivity index (χ1) is 12.6. The van der Waals surface area contributed by atoms with E-state index >= 15 is 0 Å². The molecule has 4 aromatic rings. The third-order valence-corrected chi connectivity index (χ3v) is 6.69. The normalized spacial score (nSPS) is 11.2. The lowest BCUT2D eigenvalue weighted by Gasteiger charge is -2.19. The summed E-state index contributed by atoms with van der Waals surface area (Å²) in [5.41, 5.74) is 0.721. The molecule has 0 bridgehead atoms. The lowest BCUT2D eigenvalue weighted by Crippen LogP contribution is -2.33. The number of hydrogen-bond acceptors (Lipinski definition) is 5. The summed E-state index contributed by atoms with van der Waals surface area (Å²) in [6, 6.07) is 11.2. The van der Waals surface area contributed by atoms with Crippen molar-refractivity contribution in [3.63, 3.8) is 0 Å². The van der Waals surface area contributed by atoms with Crippen LogP contribution in [0.25, 0.3) is 10.2 Å². The van der Waals surface area contributed by atoms with Gasteiger partial charge in [-0.05, 0) is 46.3 Å². The monoisotopic (exact) mass is 466 g/mol. The van der Waals surface area contributed by atoms with E-state index < -0.39 is 0 Å². The number of hydrogen-bond donors (Lipinski definition) is 0. The second kappa shape index (κ2) is 7.48. The molecule has 0 aliphatic heterocycles. The molecule has 9 heteroatoms. The lowest BCUT2D eigenvalue weighted by atomic mass is 10.3. The Balaban J connectivity index is 1.70. The summed E-state index contributed by atoms with van der Waals surface area (Å²) in [5.74, 6) is -0.0805. The highest BCUT2D eigenvalue weighted by Gasteiger charge is 2.23. The Morgan fingerprint density at radius 3 is 2.81 bits per heavy atom. The maximum Gasteiger partial charge on any atom is 0.270 e. The van der Waals surface area contributed by atoms with Crippen LogP contribution in [0.1, 0.15) is 9.67 Å². The molecule has 0 fully saturated rings. The van der Waals surface area contributed by atoms with Crippen LogP contribution in [0.5, 0.6) is 0 Å². The highest BCUT2D eigenvalue weighted by molar-refractivity contribution is 9.11. The van der Waals surface area contributed by atoms with Crippen molar-refractivity contribution in [2.24, 2.45) is 0 Å². The van der Waals surface area contributed by atoms with E-state index in [4.69, 9.17) is 11.6 Å². The number of para-hydroxylation sites is 1. The number of thiazole rings is 1. The number of halogens is 2. The molecule has 132 valence electrons. The maximum atomic E-state index is 13.1. The van der Waals surface area contributed by atoms with E-state index in [0.717, 1.165) is 14.0 Å². The number of rotatable bonds is 5. The number of thiophene rings is 1. The van der Waals surface area contributed by atoms with Gasteiger partial charge in [0.05, 0.1) is 24.9 Å². The first kappa shape index (κ1) is 17.7. The number of aromatic nitrogens is 3. The number of nitrogens with zero attached hydrogens (tertiary/aromatic N) is 4. The van der Waals surface area contributed by atoms with Crippen molar-refractivity contribution in [2.45, 2.75) is 6.54 Å². The van der Waals surface area contributed by atoms with Gasteiger partial charge in [-0.15, -0.1) is 11.3 Å². The minimum Gasteiger partial charge on any atom is -0.281 e. The summed E-state index contributed by atoms with van der Waals surface area (Å²) in [6.45, 7) is 1.04. The van der Waals surface area contributed by atoms with Gasteiger partial charge in [0, 0.05) is 18.9 Å². The van der Waals surface area contributed by atoms with Gasteiger partial charge in [0.2, 0.25) is 0 Å². The third kappa shape index (κ3) is 3.55. The van der Waals surface area contributed by atoms with Gasteiger partial charge in [0.15, 0.2) is 5.13 Å². The summed E-state index contributed by atoms with van der Waals surface area (Å²) in [6.07, 6.45) is 3.60. The molecule has 0 unspecified atom stereocenters. The molecule has 0 saturated heterocycles. The molecular formula is C17H12BrClN4OS2. The van der Waals surface area contributed by atoms with E-state index in [1.165, 1.54) is 22.7 Å². The smallest absolute Gasteiger partial charge is 0.270 e. The summed E-state index contributed by atoms with van der Waals surface area (Å²) in [4.78, 5) is 20.1. The van der Waals surface area contributed by atoms with Crippen LogP contribution in [0.15, 0.2) is 52.6 Å². The molecule has 0 radical (unpaired) electrons. The summed E-state index contributed by atoms with van der Waals surface area (Å²) in [5, 5.41) is 5.43. The Hall–Kier alpha value is -1.74. The van der Waals surface area contributed by atoms with Crippen LogP contribution < -0.4 is 4.90 Å². The van der Waals surface area contributed by atoms with E-state index in [2.05, 4.69) is 26.0 Å². The molecule has 3 heterocycles. The van der Waals surface area contributed by atoms with Crippen LogP contribution in [0.4, 0.5) is 5.13 Å². The van der Waals surface area contributed by atoms with Crippen molar-refractivity contribution in [3.8, 4) is 0 Å². The van der Waals surface area contributed by atoms with Crippen LogP contribution in [-0.4, -0.2) is 27.2 Å². The second-order valence-electron chi connectivity index (χ2n) is 5.41. The van der Waals surface area contributed by atoms with E-state index in [0.29, 0.717) is 28.1 Å². The summed E-state index contributed by atoms with van der Waals surface area (Å²) in [7, 11) is 0.